The predicted molar refractivity (Wildman–Crippen MR) is 82.4 cm³/mol. The minimum absolute atomic E-state index is 0.0316. The number of benzene rings is 1. The molecular weight excluding hydrogens is 328 g/mol. The first-order chi connectivity index (χ1) is 8.95. The van der Waals surface area contributed by atoms with Crippen LogP contribution in [-0.2, 0) is 0 Å². The molecule has 1 heterocycles. The third-order valence-corrected chi connectivity index (χ3v) is 5.25. The molecule has 19 heavy (non-hydrogen) atoms. The molecule has 0 amide bonds. The standard InChI is InChI=1S/C15H20BrClO2/c1-4-15(2,3)14(17)10-8-12-13(9-11(10)16)19-7-5-6-18-12/h8-9,14H,4-7H2,1-3H3. The van der Waals surface area contributed by atoms with Gasteiger partial charge in [-0.1, -0.05) is 36.7 Å². The molecule has 0 aromatic heterocycles. The normalized spacial score (nSPS) is 16.9. The number of fused-ring (bicyclic) bond motifs is 1. The summed E-state index contributed by atoms with van der Waals surface area (Å²) in [5.41, 5.74) is 1.10. The Bertz CT molecular complexity index is 460. The van der Waals surface area contributed by atoms with Gasteiger partial charge in [0.25, 0.3) is 0 Å². The smallest absolute Gasteiger partial charge is 0.162 e. The molecule has 2 rings (SSSR count). The van der Waals surface area contributed by atoms with E-state index in [2.05, 4.69) is 36.7 Å². The van der Waals surface area contributed by atoms with E-state index in [4.69, 9.17) is 21.1 Å². The van der Waals surface area contributed by atoms with Crippen molar-refractivity contribution in [1.29, 1.82) is 0 Å². The van der Waals surface area contributed by atoms with Crippen LogP contribution in [0, 0.1) is 5.41 Å². The third kappa shape index (κ3) is 3.19. The fraction of sp³-hybridized carbons (Fsp3) is 0.600. The van der Waals surface area contributed by atoms with Crippen molar-refractivity contribution in [2.45, 2.75) is 39.0 Å². The number of halogens is 2. The van der Waals surface area contributed by atoms with E-state index in [1.165, 1.54) is 0 Å². The topological polar surface area (TPSA) is 18.5 Å². The molecule has 1 aliphatic heterocycles. The van der Waals surface area contributed by atoms with Crippen molar-refractivity contribution < 1.29 is 9.47 Å². The Kier molecular flexibility index (Phi) is 4.67. The highest BCUT2D eigenvalue weighted by atomic mass is 79.9. The molecule has 1 atom stereocenters. The van der Waals surface area contributed by atoms with Gasteiger partial charge in [0.2, 0.25) is 0 Å². The summed E-state index contributed by atoms with van der Waals surface area (Å²) in [6.07, 6.45) is 1.93. The molecule has 0 radical (unpaired) electrons. The molecule has 0 spiro atoms. The van der Waals surface area contributed by atoms with E-state index in [9.17, 15) is 0 Å². The Morgan fingerprint density at radius 2 is 1.84 bits per heavy atom. The molecule has 0 saturated heterocycles. The van der Waals surface area contributed by atoms with E-state index < -0.39 is 0 Å². The lowest BCUT2D eigenvalue weighted by Gasteiger charge is -2.30. The minimum atomic E-state index is -0.0657. The monoisotopic (exact) mass is 346 g/mol. The van der Waals surface area contributed by atoms with Gasteiger partial charge in [0, 0.05) is 10.9 Å². The number of rotatable bonds is 3. The lowest BCUT2D eigenvalue weighted by molar-refractivity contribution is 0.296. The zero-order valence-corrected chi connectivity index (χ0v) is 14.0. The number of ether oxygens (including phenoxy) is 2. The predicted octanol–water partition coefficient (Wildman–Crippen LogP) is 5.33. The largest absolute Gasteiger partial charge is 0.490 e. The molecule has 1 aliphatic rings. The summed E-state index contributed by atoms with van der Waals surface area (Å²) in [6.45, 7) is 7.91. The highest BCUT2D eigenvalue weighted by molar-refractivity contribution is 9.10. The summed E-state index contributed by atoms with van der Waals surface area (Å²) in [6, 6.07) is 3.98. The van der Waals surface area contributed by atoms with Crippen molar-refractivity contribution in [3.8, 4) is 11.5 Å². The van der Waals surface area contributed by atoms with Crippen molar-refractivity contribution in [2.24, 2.45) is 5.41 Å². The van der Waals surface area contributed by atoms with Gasteiger partial charge in [0.1, 0.15) is 0 Å². The molecule has 0 N–H and O–H groups in total. The van der Waals surface area contributed by atoms with E-state index >= 15 is 0 Å². The molecule has 0 aliphatic carbocycles. The first-order valence-electron chi connectivity index (χ1n) is 6.69. The highest BCUT2D eigenvalue weighted by Gasteiger charge is 2.30. The second-order valence-electron chi connectivity index (χ2n) is 5.58. The molecular formula is C15H20BrClO2. The zero-order chi connectivity index (χ0) is 14.0. The van der Waals surface area contributed by atoms with E-state index in [-0.39, 0.29) is 10.8 Å². The average Bonchev–Trinajstić information content (AvgIpc) is 2.61. The number of hydrogen-bond donors (Lipinski definition) is 0. The first-order valence-corrected chi connectivity index (χ1v) is 7.91. The van der Waals surface area contributed by atoms with Crippen molar-refractivity contribution in [3.05, 3.63) is 22.2 Å². The lowest BCUT2D eigenvalue weighted by Crippen LogP contribution is -2.17. The van der Waals surface area contributed by atoms with Gasteiger partial charge < -0.3 is 9.47 Å². The van der Waals surface area contributed by atoms with Gasteiger partial charge >= 0.3 is 0 Å². The van der Waals surface area contributed by atoms with Crippen LogP contribution in [0.2, 0.25) is 0 Å². The summed E-state index contributed by atoms with van der Waals surface area (Å²) in [4.78, 5) is 0. The van der Waals surface area contributed by atoms with Gasteiger partial charge in [-0.05, 0) is 29.5 Å². The molecule has 1 aromatic carbocycles. The maximum Gasteiger partial charge on any atom is 0.162 e. The molecule has 0 fully saturated rings. The fourth-order valence-electron chi connectivity index (χ4n) is 1.99. The van der Waals surface area contributed by atoms with Crippen molar-refractivity contribution in [3.63, 3.8) is 0 Å². The molecule has 4 heteroatoms. The summed E-state index contributed by atoms with van der Waals surface area (Å²) >= 11 is 10.3. The van der Waals surface area contributed by atoms with E-state index in [1.54, 1.807) is 0 Å². The van der Waals surface area contributed by atoms with Crippen LogP contribution in [-0.4, -0.2) is 13.2 Å². The van der Waals surface area contributed by atoms with Gasteiger partial charge in [-0.3, -0.25) is 0 Å². The Morgan fingerprint density at radius 1 is 1.26 bits per heavy atom. The second-order valence-corrected chi connectivity index (χ2v) is 6.87. The Balaban J connectivity index is 2.39. The van der Waals surface area contributed by atoms with Gasteiger partial charge in [-0.15, -0.1) is 11.6 Å². The number of hydrogen-bond acceptors (Lipinski definition) is 2. The van der Waals surface area contributed by atoms with E-state index in [1.807, 2.05) is 12.1 Å². The third-order valence-electron chi connectivity index (χ3n) is 3.74. The summed E-state index contributed by atoms with van der Waals surface area (Å²) < 4.78 is 12.4. The van der Waals surface area contributed by atoms with Crippen LogP contribution in [0.4, 0.5) is 0 Å². The fourth-order valence-corrected chi connectivity index (χ4v) is 3.01. The van der Waals surface area contributed by atoms with Gasteiger partial charge in [0.05, 0.1) is 18.6 Å². The van der Waals surface area contributed by atoms with Gasteiger partial charge in [-0.25, -0.2) is 0 Å². The zero-order valence-electron chi connectivity index (χ0n) is 11.6. The Morgan fingerprint density at radius 3 is 2.42 bits per heavy atom. The van der Waals surface area contributed by atoms with Crippen molar-refractivity contribution >= 4 is 27.5 Å². The summed E-state index contributed by atoms with van der Waals surface area (Å²) in [5, 5.41) is -0.0657. The van der Waals surface area contributed by atoms with Crippen LogP contribution in [0.15, 0.2) is 16.6 Å². The van der Waals surface area contributed by atoms with E-state index in [0.29, 0.717) is 13.2 Å². The van der Waals surface area contributed by atoms with E-state index in [0.717, 1.165) is 34.4 Å². The average molecular weight is 348 g/mol. The Labute approximate surface area is 128 Å². The van der Waals surface area contributed by atoms with Gasteiger partial charge in [0.15, 0.2) is 11.5 Å². The molecule has 1 aromatic rings. The van der Waals surface area contributed by atoms with Crippen molar-refractivity contribution in [2.75, 3.05) is 13.2 Å². The van der Waals surface area contributed by atoms with Crippen LogP contribution in [0.3, 0.4) is 0 Å². The highest BCUT2D eigenvalue weighted by Crippen LogP contribution is 2.47. The van der Waals surface area contributed by atoms with Crippen LogP contribution < -0.4 is 9.47 Å². The summed E-state index contributed by atoms with van der Waals surface area (Å²) in [5.74, 6) is 1.60. The number of alkyl halides is 1. The van der Waals surface area contributed by atoms with Crippen LogP contribution >= 0.6 is 27.5 Å². The van der Waals surface area contributed by atoms with Crippen molar-refractivity contribution in [1.82, 2.24) is 0 Å². The van der Waals surface area contributed by atoms with Crippen LogP contribution in [0.1, 0.15) is 44.6 Å². The SMILES string of the molecule is CCC(C)(C)C(Cl)c1cc2c(cc1Br)OCCCO2. The first kappa shape index (κ1) is 15.0. The van der Waals surface area contributed by atoms with Crippen LogP contribution in [0.5, 0.6) is 11.5 Å². The second kappa shape index (κ2) is 5.92. The quantitative estimate of drug-likeness (QED) is 0.688. The molecule has 0 saturated carbocycles. The molecule has 0 bridgehead atoms. The maximum absolute atomic E-state index is 6.66. The molecule has 1 unspecified atom stereocenters. The minimum Gasteiger partial charge on any atom is -0.490 e. The Hall–Kier alpha value is -0.410. The molecule has 2 nitrogen and oxygen atoms in total. The van der Waals surface area contributed by atoms with Crippen LogP contribution in [0.25, 0.3) is 0 Å². The van der Waals surface area contributed by atoms with Gasteiger partial charge in [-0.2, -0.15) is 0 Å². The maximum atomic E-state index is 6.66. The molecule has 106 valence electrons. The summed E-state index contributed by atoms with van der Waals surface area (Å²) in [7, 11) is 0. The lowest BCUT2D eigenvalue weighted by atomic mass is 9.83.